The number of aromatic nitrogens is 1. The lowest BCUT2D eigenvalue weighted by Crippen LogP contribution is -2.27. The van der Waals surface area contributed by atoms with Crippen LogP contribution in [-0.2, 0) is 0 Å². The van der Waals surface area contributed by atoms with Crippen LogP contribution in [-0.4, -0.2) is 15.6 Å². The van der Waals surface area contributed by atoms with Gasteiger partial charge in [-0.05, 0) is 37.8 Å². The van der Waals surface area contributed by atoms with Gasteiger partial charge in [-0.1, -0.05) is 0 Å². The minimum atomic E-state index is -1.13. The van der Waals surface area contributed by atoms with Gasteiger partial charge in [-0.2, -0.15) is 0 Å². The Morgan fingerprint density at radius 1 is 1.47 bits per heavy atom. The number of aryl methyl sites for hydroxylation is 1. The lowest BCUT2D eigenvalue weighted by Gasteiger charge is -2.10. The van der Waals surface area contributed by atoms with Gasteiger partial charge in [0.25, 0.3) is 5.56 Å². The number of carboxylic acid groups (broad SMARTS) is 1. The lowest BCUT2D eigenvalue weighted by molar-refractivity contribution is 0.0693. The zero-order valence-electron chi connectivity index (χ0n) is 8.78. The molecule has 1 N–H and O–H groups in total. The standard InChI is InChI=1S/C11H13NO3/c1-6-5-12(8-3-4-8)10(13)9(7(6)2)11(14)15/h5,8H,3-4H2,1-2H3,(H,14,15). The van der Waals surface area contributed by atoms with Crippen LogP contribution in [0.25, 0.3) is 0 Å². The van der Waals surface area contributed by atoms with Gasteiger partial charge in [0.2, 0.25) is 0 Å². The molecule has 2 rings (SSSR count). The first-order valence-corrected chi connectivity index (χ1v) is 4.98. The van der Waals surface area contributed by atoms with Crippen molar-refractivity contribution in [1.82, 2.24) is 4.57 Å². The molecule has 0 spiro atoms. The Morgan fingerprint density at radius 2 is 2.07 bits per heavy atom. The predicted molar refractivity (Wildman–Crippen MR) is 55.4 cm³/mol. The van der Waals surface area contributed by atoms with Crippen LogP contribution in [0.1, 0.15) is 40.4 Å². The first kappa shape index (κ1) is 9.96. The highest BCUT2D eigenvalue weighted by Crippen LogP contribution is 2.33. The Hall–Kier alpha value is -1.58. The average molecular weight is 207 g/mol. The van der Waals surface area contributed by atoms with Crippen molar-refractivity contribution in [3.05, 3.63) is 33.2 Å². The van der Waals surface area contributed by atoms with E-state index >= 15 is 0 Å². The Bertz CT molecular complexity index is 483. The van der Waals surface area contributed by atoms with Crippen LogP contribution in [0.4, 0.5) is 0 Å². The maximum absolute atomic E-state index is 11.8. The monoisotopic (exact) mass is 207 g/mol. The van der Waals surface area contributed by atoms with Gasteiger partial charge in [-0.25, -0.2) is 4.79 Å². The molecule has 0 bridgehead atoms. The zero-order chi connectivity index (χ0) is 11.2. The van der Waals surface area contributed by atoms with Crippen molar-refractivity contribution in [2.75, 3.05) is 0 Å². The number of carbonyl (C=O) groups is 1. The second-order valence-electron chi connectivity index (χ2n) is 4.06. The maximum Gasteiger partial charge on any atom is 0.341 e. The molecule has 1 aromatic rings. The highest BCUT2D eigenvalue weighted by atomic mass is 16.4. The molecule has 1 aliphatic rings. The van der Waals surface area contributed by atoms with Crippen molar-refractivity contribution in [1.29, 1.82) is 0 Å². The fourth-order valence-electron chi connectivity index (χ4n) is 1.73. The number of nitrogens with zero attached hydrogens (tertiary/aromatic N) is 1. The van der Waals surface area contributed by atoms with Crippen molar-refractivity contribution in [2.24, 2.45) is 0 Å². The van der Waals surface area contributed by atoms with E-state index in [-0.39, 0.29) is 17.2 Å². The third-order valence-electron chi connectivity index (χ3n) is 2.90. The van der Waals surface area contributed by atoms with Crippen molar-refractivity contribution < 1.29 is 9.90 Å². The van der Waals surface area contributed by atoms with Crippen molar-refractivity contribution in [3.8, 4) is 0 Å². The van der Waals surface area contributed by atoms with Crippen LogP contribution in [0.2, 0.25) is 0 Å². The molecule has 0 amide bonds. The second-order valence-corrected chi connectivity index (χ2v) is 4.06. The van der Waals surface area contributed by atoms with E-state index in [0.29, 0.717) is 5.56 Å². The first-order valence-electron chi connectivity index (χ1n) is 4.98. The predicted octanol–water partition coefficient (Wildman–Crippen LogP) is 1.50. The van der Waals surface area contributed by atoms with Crippen LogP contribution in [0, 0.1) is 13.8 Å². The topological polar surface area (TPSA) is 59.3 Å². The van der Waals surface area contributed by atoms with Crippen molar-refractivity contribution >= 4 is 5.97 Å². The Kier molecular flexibility index (Phi) is 2.14. The largest absolute Gasteiger partial charge is 0.477 e. The number of hydrogen-bond donors (Lipinski definition) is 1. The van der Waals surface area contributed by atoms with E-state index in [1.165, 1.54) is 0 Å². The molecule has 1 aliphatic carbocycles. The molecule has 1 saturated carbocycles. The molecule has 0 aliphatic heterocycles. The summed E-state index contributed by atoms with van der Waals surface area (Å²) in [6.07, 6.45) is 3.71. The molecule has 0 radical (unpaired) electrons. The van der Waals surface area contributed by atoms with Crippen LogP contribution >= 0.6 is 0 Å². The van der Waals surface area contributed by atoms with Gasteiger partial charge in [-0.3, -0.25) is 4.79 Å². The summed E-state index contributed by atoms with van der Waals surface area (Å²) in [7, 11) is 0. The van der Waals surface area contributed by atoms with E-state index in [9.17, 15) is 9.59 Å². The van der Waals surface area contributed by atoms with E-state index in [4.69, 9.17) is 5.11 Å². The highest BCUT2D eigenvalue weighted by Gasteiger charge is 2.27. The summed E-state index contributed by atoms with van der Waals surface area (Å²) < 4.78 is 1.56. The van der Waals surface area contributed by atoms with E-state index in [1.807, 2.05) is 6.92 Å². The second kappa shape index (κ2) is 3.22. The molecule has 0 atom stereocenters. The van der Waals surface area contributed by atoms with E-state index < -0.39 is 5.97 Å². The van der Waals surface area contributed by atoms with Gasteiger partial charge in [0.15, 0.2) is 0 Å². The van der Waals surface area contributed by atoms with Crippen molar-refractivity contribution in [3.63, 3.8) is 0 Å². The van der Waals surface area contributed by atoms with E-state index in [2.05, 4.69) is 0 Å². The molecule has 1 heterocycles. The van der Waals surface area contributed by atoms with Gasteiger partial charge < -0.3 is 9.67 Å². The number of aromatic carboxylic acids is 1. The molecular weight excluding hydrogens is 194 g/mol. The molecule has 1 fully saturated rings. The average Bonchev–Trinajstić information content (AvgIpc) is 2.94. The number of carboxylic acids is 1. The van der Waals surface area contributed by atoms with Crippen LogP contribution in [0.15, 0.2) is 11.0 Å². The van der Waals surface area contributed by atoms with Gasteiger partial charge in [0.05, 0.1) is 0 Å². The fourth-order valence-corrected chi connectivity index (χ4v) is 1.73. The van der Waals surface area contributed by atoms with E-state index in [1.54, 1.807) is 17.7 Å². The normalized spacial score (nSPS) is 15.3. The van der Waals surface area contributed by atoms with Gasteiger partial charge in [0, 0.05) is 12.2 Å². The number of rotatable bonds is 2. The molecule has 0 saturated heterocycles. The Balaban J connectivity index is 2.71. The summed E-state index contributed by atoms with van der Waals surface area (Å²) >= 11 is 0. The Labute approximate surface area is 87.2 Å². The molecule has 15 heavy (non-hydrogen) atoms. The van der Waals surface area contributed by atoms with Crippen LogP contribution < -0.4 is 5.56 Å². The quantitative estimate of drug-likeness (QED) is 0.799. The minimum absolute atomic E-state index is 0.0816. The summed E-state index contributed by atoms with van der Waals surface area (Å²) in [6, 6.07) is 0.217. The minimum Gasteiger partial charge on any atom is -0.477 e. The zero-order valence-corrected chi connectivity index (χ0v) is 8.78. The Morgan fingerprint density at radius 3 is 2.53 bits per heavy atom. The molecular formula is C11H13NO3. The van der Waals surface area contributed by atoms with Gasteiger partial charge >= 0.3 is 5.97 Å². The summed E-state index contributed by atoms with van der Waals surface area (Å²) in [5.41, 5.74) is 0.985. The van der Waals surface area contributed by atoms with E-state index in [0.717, 1.165) is 18.4 Å². The van der Waals surface area contributed by atoms with Gasteiger partial charge in [0.1, 0.15) is 5.56 Å². The van der Waals surface area contributed by atoms with Crippen LogP contribution in [0.5, 0.6) is 0 Å². The fraction of sp³-hybridized carbons (Fsp3) is 0.455. The van der Waals surface area contributed by atoms with Crippen LogP contribution in [0.3, 0.4) is 0 Å². The third kappa shape index (κ3) is 1.56. The van der Waals surface area contributed by atoms with Crippen molar-refractivity contribution in [2.45, 2.75) is 32.7 Å². The number of hydrogen-bond acceptors (Lipinski definition) is 2. The smallest absolute Gasteiger partial charge is 0.341 e. The SMILES string of the molecule is Cc1cn(C2CC2)c(=O)c(C(=O)O)c1C. The summed E-state index contributed by atoms with van der Waals surface area (Å²) in [5.74, 6) is -1.13. The maximum atomic E-state index is 11.8. The molecule has 80 valence electrons. The van der Waals surface area contributed by atoms with Gasteiger partial charge in [-0.15, -0.1) is 0 Å². The lowest BCUT2D eigenvalue weighted by atomic mass is 10.1. The third-order valence-corrected chi connectivity index (χ3v) is 2.90. The molecule has 4 heteroatoms. The summed E-state index contributed by atoms with van der Waals surface area (Å²) in [5, 5.41) is 8.98. The summed E-state index contributed by atoms with van der Waals surface area (Å²) in [6.45, 7) is 3.51. The molecule has 0 unspecified atom stereocenters. The first-order chi connectivity index (χ1) is 7.02. The molecule has 0 aromatic carbocycles. The molecule has 4 nitrogen and oxygen atoms in total. The number of pyridine rings is 1. The molecule has 1 aromatic heterocycles. The summed E-state index contributed by atoms with van der Waals surface area (Å²) in [4.78, 5) is 22.8. The highest BCUT2D eigenvalue weighted by molar-refractivity contribution is 5.89.